The topological polar surface area (TPSA) is 72.7 Å². The Labute approximate surface area is 129 Å². The predicted molar refractivity (Wildman–Crippen MR) is 81.8 cm³/mol. The molecule has 1 heterocycles. The maximum Gasteiger partial charge on any atom is 0.234 e. The molecule has 2 N–H and O–H groups in total. The van der Waals surface area contributed by atoms with Crippen LogP contribution in [0, 0.1) is 0 Å². The molecule has 0 atom stereocenters. The lowest BCUT2D eigenvalue weighted by molar-refractivity contribution is -0.120. The SMILES string of the molecule is COc1ccc(CNCC(=O)NCc2ccco2)cc1OC. The number of rotatable bonds is 8. The number of hydrogen-bond acceptors (Lipinski definition) is 5. The first-order valence-electron chi connectivity index (χ1n) is 6.93. The van der Waals surface area contributed by atoms with Gasteiger partial charge in [0.1, 0.15) is 5.76 Å². The molecule has 0 fully saturated rings. The molecule has 0 radical (unpaired) electrons. The summed E-state index contributed by atoms with van der Waals surface area (Å²) >= 11 is 0. The fraction of sp³-hybridized carbons (Fsp3) is 0.312. The van der Waals surface area contributed by atoms with E-state index in [4.69, 9.17) is 13.9 Å². The summed E-state index contributed by atoms with van der Waals surface area (Å²) in [5.41, 5.74) is 1.01. The van der Waals surface area contributed by atoms with Crippen molar-refractivity contribution in [2.75, 3.05) is 20.8 Å². The fourth-order valence-corrected chi connectivity index (χ4v) is 1.97. The maximum absolute atomic E-state index is 11.7. The van der Waals surface area contributed by atoms with E-state index in [1.165, 1.54) is 0 Å². The first kappa shape index (κ1) is 15.9. The van der Waals surface area contributed by atoms with Crippen molar-refractivity contribution in [2.45, 2.75) is 13.1 Å². The third-order valence-electron chi connectivity index (χ3n) is 3.10. The van der Waals surface area contributed by atoms with Gasteiger partial charge in [-0.2, -0.15) is 0 Å². The van der Waals surface area contributed by atoms with E-state index < -0.39 is 0 Å². The fourth-order valence-electron chi connectivity index (χ4n) is 1.97. The van der Waals surface area contributed by atoms with Gasteiger partial charge in [-0.15, -0.1) is 0 Å². The van der Waals surface area contributed by atoms with E-state index in [0.717, 1.165) is 11.3 Å². The van der Waals surface area contributed by atoms with Crippen LogP contribution in [0.1, 0.15) is 11.3 Å². The lowest BCUT2D eigenvalue weighted by Crippen LogP contribution is -2.33. The number of nitrogens with one attached hydrogen (secondary N) is 2. The Bertz CT molecular complexity index is 596. The van der Waals surface area contributed by atoms with Crippen LogP contribution in [0.15, 0.2) is 41.0 Å². The smallest absolute Gasteiger partial charge is 0.234 e. The van der Waals surface area contributed by atoms with E-state index in [9.17, 15) is 4.79 Å². The van der Waals surface area contributed by atoms with Crippen LogP contribution >= 0.6 is 0 Å². The van der Waals surface area contributed by atoms with Crippen molar-refractivity contribution in [2.24, 2.45) is 0 Å². The molecule has 0 spiro atoms. The van der Waals surface area contributed by atoms with Crippen molar-refractivity contribution in [3.8, 4) is 11.5 Å². The van der Waals surface area contributed by atoms with Crippen molar-refractivity contribution in [1.82, 2.24) is 10.6 Å². The molecule has 1 aromatic heterocycles. The van der Waals surface area contributed by atoms with E-state index in [1.807, 2.05) is 24.3 Å². The minimum Gasteiger partial charge on any atom is -0.493 e. The lowest BCUT2D eigenvalue weighted by Gasteiger charge is -2.10. The summed E-state index contributed by atoms with van der Waals surface area (Å²) in [5, 5.41) is 5.85. The Balaban J connectivity index is 1.74. The van der Waals surface area contributed by atoms with Gasteiger partial charge in [-0.1, -0.05) is 6.07 Å². The van der Waals surface area contributed by atoms with Gasteiger partial charge >= 0.3 is 0 Å². The van der Waals surface area contributed by atoms with Crippen LogP contribution < -0.4 is 20.1 Å². The van der Waals surface area contributed by atoms with Crippen LogP contribution in [-0.4, -0.2) is 26.7 Å². The standard InChI is InChI=1S/C16H20N2O4/c1-20-14-6-5-12(8-15(14)21-2)9-17-11-16(19)18-10-13-4-3-7-22-13/h3-8,17H,9-11H2,1-2H3,(H,18,19). The van der Waals surface area contributed by atoms with Gasteiger partial charge in [-0.25, -0.2) is 0 Å². The van der Waals surface area contributed by atoms with Crippen LogP contribution in [0.3, 0.4) is 0 Å². The highest BCUT2D eigenvalue weighted by Gasteiger charge is 2.06. The molecule has 22 heavy (non-hydrogen) atoms. The molecule has 0 aliphatic heterocycles. The zero-order valence-electron chi connectivity index (χ0n) is 12.7. The van der Waals surface area contributed by atoms with Gasteiger partial charge in [-0.3, -0.25) is 4.79 Å². The van der Waals surface area contributed by atoms with E-state index in [-0.39, 0.29) is 12.5 Å². The van der Waals surface area contributed by atoms with Gasteiger partial charge in [-0.05, 0) is 29.8 Å². The Morgan fingerprint density at radius 3 is 2.64 bits per heavy atom. The Morgan fingerprint density at radius 2 is 1.95 bits per heavy atom. The van der Waals surface area contributed by atoms with Crippen molar-refractivity contribution in [3.63, 3.8) is 0 Å². The van der Waals surface area contributed by atoms with Crippen LogP contribution in [0.5, 0.6) is 11.5 Å². The van der Waals surface area contributed by atoms with Crippen molar-refractivity contribution < 1.29 is 18.7 Å². The minimum atomic E-state index is -0.0862. The third-order valence-corrected chi connectivity index (χ3v) is 3.10. The van der Waals surface area contributed by atoms with Gasteiger partial charge in [0.05, 0.1) is 33.6 Å². The highest BCUT2D eigenvalue weighted by molar-refractivity contribution is 5.77. The number of carbonyl (C=O) groups is 1. The summed E-state index contributed by atoms with van der Waals surface area (Å²) in [6.45, 7) is 1.19. The second kappa shape index (κ2) is 8.09. The number of ether oxygens (including phenoxy) is 2. The first-order chi connectivity index (χ1) is 10.7. The molecular weight excluding hydrogens is 284 g/mol. The average Bonchev–Trinajstić information content (AvgIpc) is 3.06. The lowest BCUT2D eigenvalue weighted by atomic mass is 10.2. The van der Waals surface area contributed by atoms with Crippen LogP contribution in [0.25, 0.3) is 0 Å². The molecule has 0 saturated heterocycles. The molecule has 118 valence electrons. The summed E-state index contributed by atoms with van der Waals surface area (Å²) in [6, 6.07) is 9.25. The Hall–Kier alpha value is -2.47. The Morgan fingerprint density at radius 1 is 1.14 bits per heavy atom. The number of amides is 1. The molecule has 2 rings (SSSR count). The predicted octanol–water partition coefficient (Wildman–Crippen LogP) is 1.70. The number of carbonyl (C=O) groups excluding carboxylic acids is 1. The maximum atomic E-state index is 11.7. The molecule has 0 bridgehead atoms. The van der Waals surface area contributed by atoms with Gasteiger partial charge in [0.2, 0.25) is 5.91 Å². The highest BCUT2D eigenvalue weighted by atomic mass is 16.5. The van der Waals surface area contributed by atoms with E-state index in [0.29, 0.717) is 24.6 Å². The molecule has 2 aromatic rings. The van der Waals surface area contributed by atoms with Gasteiger partial charge < -0.3 is 24.5 Å². The Kier molecular flexibility index (Phi) is 5.85. The quantitative estimate of drug-likeness (QED) is 0.776. The normalized spacial score (nSPS) is 10.3. The van der Waals surface area contributed by atoms with E-state index >= 15 is 0 Å². The van der Waals surface area contributed by atoms with Gasteiger partial charge in [0.15, 0.2) is 11.5 Å². The zero-order chi connectivity index (χ0) is 15.8. The molecule has 1 aromatic carbocycles. The van der Waals surface area contributed by atoms with Gasteiger partial charge in [0, 0.05) is 6.54 Å². The molecule has 6 heteroatoms. The van der Waals surface area contributed by atoms with Crippen molar-refractivity contribution in [1.29, 1.82) is 0 Å². The van der Waals surface area contributed by atoms with Gasteiger partial charge in [0.25, 0.3) is 0 Å². The number of benzene rings is 1. The van der Waals surface area contributed by atoms with Crippen molar-refractivity contribution in [3.05, 3.63) is 47.9 Å². The molecule has 0 aliphatic rings. The van der Waals surface area contributed by atoms with Crippen LogP contribution in [0.2, 0.25) is 0 Å². The third kappa shape index (κ3) is 4.53. The summed E-state index contributed by atoms with van der Waals surface area (Å²) in [6.07, 6.45) is 1.58. The molecule has 6 nitrogen and oxygen atoms in total. The van der Waals surface area contributed by atoms with Crippen molar-refractivity contribution >= 4 is 5.91 Å². The molecule has 1 amide bonds. The highest BCUT2D eigenvalue weighted by Crippen LogP contribution is 2.27. The minimum absolute atomic E-state index is 0.0862. The summed E-state index contributed by atoms with van der Waals surface area (Å²) < 4.78 is 15.6. The average molecular weight is 304 g/mol. The summed E-state index contributed by atoms with van der Waals surface area (Å²) in [5.74, 6) is 2.00. The molecule has 0 saturated carbocycles. The number of methoxy groups -OCH3 is 2. The summed E-state index contributed by atoms with van der Waals surface area (Å²) in [7, 11) is 3.19. The monoisotopic (exact) mass is 304 g/mol. The number of hydrogen-bond donors (Lipinski definition) is 2. The molecular formula is C16H20N2O4. The first-order valence-corrected chi connectivity index (χ1v) is 6.93. The second-order valence-electron chi connectivity index (χ2n) is 4.65. The number of furan rings is 1. The van der Waals surface area contributed by atoms with E-state index in [1.54, 1.807) is 26.5 Å². The molecule has 0 aliphatic carbocycles. The van der Waals surface area contributed by atoms with Crippen LogP contribution in [0.4, 0.5) is 0 Å². The zero-order valence-corrected chi connectivity index (χ0v) is 12.7. The van der Waals surface area contributed by atoms with Crippen LogP contribution in [-0.2, 0) is 17.9 Å². The van der Waals surface area contributed by atoms with E-state index in [2.05, 4.69) is 10.6 Å². The summed E-state index contributed by atoms with van der Waals surface area (Å²) in [4.78, 5) is 11.7. The second-order valence-corrected chi connectivity index (χ2v) is 4.65. The molecule has 0 unspecified atom stereocenters. The largest absolute Gasteiger partial charge is 0.493 e.